The minimum absolute atomic E-state index is 0.189. The highest BCUT2D eigenvalue weighted by Gasteiger charge is 2.57. The van der Waals surface area contributed by atoms with Crippen LogP contribution in [0.4, 0.5) is 0 Å². The fraction of sp³-hybridized carbons (Fsp3) is 0.381. The standard InChI is InChI=1S/C21H26N2O3SSi/c1-20(2,3)28(17-10-6-4-7-11-17,18-12-8-5-9-13-18)23-27(25)16-21(14-26-15-21)19(24)22-27/h4-13H,14-16H2,1-3H3,(H,22,23,24,25). The van der Waals surface area contributed by atoms with Crippen molar-refractivity contribution in [1.82, 2.24) is 4.72 Å². The zero-order chi connectivity index (χ0) is 20.0. The van der Waals surface area contributed by atoms with Gasteiger partial charge in [0, 0.05) is 0 Å². The summed E-state index contributed by atoms with van der Waals surface area (Å²) in [5.74, 6) is 0.0361. The molecule has 2 aliphatic rings. The van der Waals surface area contributed by atoms with E-state index in [0.29, 0.717) is 13.2 Å². The van der Waals surface area contributed by atoms with Gasteiger partial charge in [0.25, 0.3) is 8.24 Å². The Morgan fingerprint density at radius 1 is 1.00 bits per heavy atom. The molecule has 2 saturated heterocycles. The van der Waals surface area contributed by atoms with E-state index in [9.17, 15) is 9.00 Å². The molecule has 0 bridgehead atoms. The van der Waals surface area contributed by atoms with E-state index in [1.54, 1.807) is 0 Å². The summed E-state index contributed by atoms with van der Waals surface area (Å²) in [5, 5.41) is 1.93. The van der Waals surface area contributed by atoms with Crippen molar-refractivity contribution in [2.45, 2.75) is 25.8 Å². The molecule has 7 heteroatoms. The van der Waals surface area contributed by atoms with Crippen molar-refractivity contribution in [3.63, 3.8) is 0 Å². The Hall–Kier alpha value is -1.96. The number of carbonyl (C=O) groups excluding carboxylic acids is 1. The number of carbonyl (C=O) groups is 1. The van der Waals surface area contributed by atoms with E-state index in [1.807, 2.05) is 36.4 Å². The summed E-state index contributed by atoms with van der Waals surface area (Å²) in [7, 11) is -5.77. The summed E-state index contributed by atoms with van der Waals surface area (Å²) >= 11 is 0. The van der Waals surface area contributed by atoms with Crippen LogP contribution in [0.2, 0.25) is 5.04 Å². The van der Waals surface area contributed by atoms with Crippen molar-refractivity contribution in [3.8, 4) is 0 Å². The van der Waals surface area contributed by atoms with Crippen molar-refractivity contribution in [2.75, 3.05) is 19.0 Å². The van der Waals surface area contributed by atoms with Crippen molar-refractivity contribution in [1.29, 1.82) is 0 Å². The molecule has 1 unspecified atom stereocenters. The number of hydrogen-bond donors (Lipinski definition) is 1. The van der Waals surface area contributed by atoms with Crippen molar-refractivity contribution in [2.24, 2.45) is 9.44 Å². The zero-order valence-electron chi connectivity index (χ0n) is 16.5. The molecule has 0 saturated carbocycles. The van der Waals surface area contributed by atoms with Gasteiger partial charge < -0.3 is 4.74 Å². The molecule has 2 fully saturated rings. The molecule has 4 rings (SSSR count). The molecular weight excluding hydrogens is 388 g/mol. The Kier molecular flexibility index (Phi) is 4.52. The number of nitrogens with zero attached hydrogens (tertiary/aromatic N) is 1. The van der Waals surface area contributed by atoms with Crippen molar-refractivity contribution < 1.29 is 13.7 Å². The van der Waals surface area contributed by atoms with E-state index in [2.05, 4.69) is 49.8 Å². The molecule has 5 nitrogen and oxygen atoms in total. The Morgan fingerprint density at radius 2 is 1.50 bits per heavy atom. The van der Waals surface area contributed by atoms with Crippen LogP contribution >= 0.6 is 0 Å². The summed E-state index contributed by atoms with van der Waals surface area (Å²) in [4.78, 5) is 12.6. The number of benzene rings is 2. The van der Waals surface area contributed by atoms with Crippen LogP contribution in [0.3, 0.4) is 0 Å². The average molecular weight is 415 g/mol. The highest BCUT2D eigenvalue weighted by atomic mass is 32.2. The predicted octanol–water partition coefficient (Wildman–Crippen LogP) is 2.08. The van der Waals surface area contributed by atoms with Gasteiger partial charge in [-0.25, -0.2) is 8.24 Å². The van der Waals surface area contributed by atoms with Gasteiger partial charge in [-0.1, -0.05) is 81.4 Å². The lowest BCUT2D eigenvalue weighted by Gasteiger charge is -2.40. The van der Waals surface area contributed by atoms with E-state index in [1.165, 1.54) is 0 Å². The van der Waals surface area contributed by atoms with E-state index in [4.69, 9.17) is 8.77 Å². The SMILES string of the molecule is CC(C)(C)[Si](N=S1(=O)CC2(COC2)C(=O)N1)(c1ccccc1)c1ccccc1. The Bertz CT molecular complexity index is 965. The fourth-order valence-electron chi connectivity index (χ4n) is 4.20. The third-order valence-electron chi connectivity index (χ3n) is 5.72. The average Bonchev–Trinajstić information content (AvgIpc) is 2.91. The van der Waals surface area contributed by atoms with Gasteiger partial charge in [0.2, 0.25) is 5.91 Å². The van der Waals surface area contributed by atoms with Crippen molar-refractivity contribution >= 4 is 34.4 Å². The topological polar surface area (TPSA) is 67.8 Å². The van der Waals surface area contributed by atoms with Crippen LogP contribution in [0.25, 0.3) is 0 Å². The van der Waals surface area contributed by atoms with Crippen LogP contribution in [0.15, 0.2) is 64.7 Å². The molecule has 2 aromatic rings. The van der Waals surface area contributed by atoms with Crippen LogP contribution in [0, 0.1) is 5.41 Å². The summed E-state index contributed by atoms with van der Waals surface area (Å²) in [6.45, 7) is 7.12. The van der Waals surface area contributed by atoms with Crippen LogP contribution in [-0.2, 0) is 19.4 Å². The maximum atomic E-state index is 13.9. The zero-order valence-corrected chi connectivity index (χ0v) is 18.3. The molecule has 2 heterocycles. The molecule has 0 aliphatic carbocycles. The number of ether oxygens (including phenoxy) is 1. The second-order valence-electron chi connectivity index (χ2n) is 8.77. The van der Waals surface area contributed by atoms with Gasteiger partial charge in [0.15, 0.2) is 0 Å². The Morgan fingerprint density at radius 3 is 1.86 bits per heavy atom. The summed E-state index contributed by atoms with van der Waals surface area (Å²) in [5.41, 5.74) is -0.675. The van der Waals surface area contributed by atoms with E-state index >= 15 is 0 Å². The molecule has 0 radical (unpaired) electrons. The number of nitrogens with one attached hydrogen (secondary N) is 1. The maximum Gasteiger partial charge on any atom is 0.262 e. The van der Waals surface area contributed by atoms with Crippen LogP contribution < -0.4 is 15.1 Å². The smallest absolute Gasteiger partial charge is 0.262 e. The highest BCUT2D eigenvalue weighted by Crippen LogP contribution is 2.40. The summed E-state index contributed by atoms with van der Waals surface area (Å²) < 4.78 is 27.1. The first-order chi connectivity index (χ1) is 13.2. The lowest BCUT2D eigenvalue weighted by molar-refractivity contribution is -0.152. The van der Waals surface area contributed by atoms with Gasteiger partial charge >= 0.3 is 0 Å². The first-order valence-corrected chi connectivity index (χ1v) is 13.1. The second kappa shape index (κ2) is 6.54. The molecular formula is C21H26N2O3SSi. The van der Waals surface area contributed by atoms with Crippen LogP contribution in [0.1, 0.15) is 20.8 Å². The van der Waals surface area contributed by atoms with Crippen molar-refractivity contribution in [3.05, 3.63) is 60.7 Å². The van der Waals surface area contributed by atoms with E-state index in [-0.39, 0.29) is 16.7 Å². The molecule has 1 spiro atoms. The Balaban J connectivity index is 1.99. The summed E-state index contributed by atoms with van der Waals surface area (Å²) in [6, 6.07) is 20.3. The first-order valence-electron chi connectivity index (χ1n) is 9.48. The molecule has 1 N–H and O–H groups in total. The van der Waals surface area contributed by atoms with Gasteiger partial charge in [-0.05, 0) is 15.4 Å². The van der Waals surface area contributed by atoms with Crippen LogP contribution in [-0.4, -0.2) is 37.3 Å². The maximum absolute atomic E-state index is 13.9. The fourth-order valence-corrected chi connectivity index (χ4v) is 13.4. The van der Waals surface area contributed by atoms with E-state index < -0.39 is 23.6 Å². The molecule has 28 heavy (non-hydrogen) atoms. The Labute approximate surface area is 167 Å². The largest absolute Gasteiger partial charge is 0.379 e. The van der Waals surface area contributed by atoms with E-state index in [0.717, 1.165) is 10.4 Å². The monoisotopic (exact) mass is 414 g/mol. The predicted molar refractivity (Wildman–Crippen MR) is 114 cm³/mol. The lowest BCUT2D eigenvalue weighted by atomic mass is 9.88. The minimum Gasteiger partial charge on any atom is -0.379 e. The lowest BCUT2D eigenvalue weighted by Crippen LogP contribution is -2.64. The van der Waals surface area contributed by atoms with Gasteiger partial charge in [0.05, 0.1) is 19.0 Å². The third kappa shape index (κ3) is 2.93. The molecule has 148 valence electrons. The minimum atomic E-state index is -2.90. The molecule has 0 aromatic heterocycles. The molecule has 1 amide bonds. The molecule has 2 aliphatic heterocycles. The number of hydrogen-bond acceptors (Lipinski definition) is 4. The first kappa shape index (κ1) is 19.4. The highest BCUT2D eigenvalue weighted by molar-refractivity contribution is 7.93. The van der Waals surface area contributed by atoms with Gasteiger partial charge in [0.1, 0.15) is 15.3 Å². The summed E-state index contributed by atoms with van der Waals surface area (Å²) in [6.07, 6.45) is 0. The van der Waals surface area contributed by atoms with Gasteiger partial charge in [-0.15, -0.1) is 0 Å². The normalized spacial score (nSPS) is 23.9. The van der Waals surface area contributed by atoms with Gasteiger partial charge in [-0.2, -0.15) is 0 Å². The van der Waals surface area contributed by atoms with Crippen LogP contribution in [0.5, 0.6) is 0 Å². The molecule has 1 atom stereocenters. The number of rotatable bonds is 3. The number of amides is 1. The second-order valence-corrected chi connectivity index (χ2v) is 15.4. The third-order valence-corrected chi connectivity index (χ3v) is 13.9. The van der Waals surface area contributed by atoms with Gasteiger partial charge in [-0.3, -0.25) is 9.52 Å². The molecule has 2 aromatic carbocycles. The quantitative estimate of drug-likeness (QED) is 0.782.